The van der Waals surface area contributed by atoms with Crippen LogP contribution in [0.15, 0.2) is 30.3 Å². The molecule has 0 saturated heterocycles. The molecule has 1 aromatic carbocycles. The third kappa shape index (κ3) is 4.05. The van der Waals surface area contributed by atoms with E-state index in [0.29, 0.717) is 13.2 Å². The topological polar surface area (TPSA) is 27.7 Å². The van der Waals surface area contributed by atoms with Gasteiger partial charge in [0.05, 0.1) is 13.2 Å². The molecule has 78 valence electrons. The largest absolute Gasteiger partial charge is 0.427 e. The van der Waals surface area contributed by atoms with Crippen molar-refractivity contribution in [3.8, 4) is 5.75 Å². The minimum absolute atomic E-state index is 0.596. The normalized spacial score (nSPS) is 10.5. The fourth-order valence-corrected chi connectivity index (χ4v) is 1.76. The molecule has 0 aliphatic heterocycles. The standard InChI is InChI=1S/C10H15O3P/c1-3-11-14(12-4-2)13-10-8-6-5-7-9-10/h5-9H,3-4H2,1-2H3. The first-order chi connectivity index (χ1) is 6.86. The molecule has 14 heavy (non-hydrogen) atoms. The van der Waals surface area contributed by atoms with Crippen LogP contribution < -0.4 is 4.52 Å². The summed E-state index contributed by atoms with van der Waals surface area (Å²) >= 11 is 0. The maximum Gasteiger partial charge on any atom is 0.397 e. The number of hydrogen-bond acceptors (Lipinski definition) is 3. The molecule has 1 rings (SSSR count). The Morgan fingerprint density at radius 1 is 1.00 bits per heavy atom. The lowest BCUT2D eigenvalue weighted by Crippen LogP contribution is -1.96. The zero-order valence-corrected chi connectivity index (χ0v) is 9.37. The molecule has 0 aliphatic carbocycles. The third-order valence-electron chi connectivity index (χ3n) is 1.39. The van der Waals surface area contributed by atoms with Gasteiger partial charge in [-0.25, -0.2) is 0 Å². The van der Waals surface area contributed by atoms with Crippen molar-refractivity contribution in [2.45, 2.75) is 13.8 Å². The summed E-state index contributed by atoms with van der Waals surface area (Å²) in [4.78, 5) is 0. The fourth-order valence-electron chi connectivity index (χ4n) is 0.868. The average molecular weight is 214 g/mol. The quantitative estimate of drug-likeness (QED) is 0.679. The first kappa shape index (κ1) is 11.4. The van der Waals surface area contributed by atoms with E-state index in [-0.39, 0.29) is 0 Å². The summed E-state index contributed by atoms with van der Waals surface area (Å²) in [5, 5.41) is 0. The van der Waals surface area contributed by atoms with E-state index in [1.54, 1.807) is 0 Å². The Morgan fingerprint density at radius 2 is 1.57 bits per heavy atom. The van der Waals surface area contributed by atoms with Gasteiger partial charge < -0.3 is 13.6 Å². The van der Waals surface area contributed by atoms with Gasteiger partial charge in [-0.3, -0.25) is 0 Å². The van der Waals surface area contributed by atoms with Crippen LogP contribution in [0.1, 0.15) is 13.8 Å². The lowest BCUT2D eigenvalue weighted by Gasteiger charge is -2.14. The van der Waals surface area contributed by atoms with E-state index in [9.17, 15) is 0 Å². The zero-order valence-electron chi connectivity index (χ0n) is 8.47. The number of para-hydroxylation sites is 1. The fraction of sp³-hybridized carbons (Fsp3) is 0.400. The third-order valence-corrected chi connectivity index (χ3v) is 2.69. The predicted molar refractivity (Wildman–Crippen MR) is 57.2 cm³/mol. The Hall–Kier alpha value is -0.630. The summed E-state index contributed by atoms with van der Waals surface area (Å²) in [6, 6.07) is 9.54. The Bertz CT molecular complexity index is 234. The molecule has 0 radical (unpaired) electrons. The molecular weight excluding hydrogens is 199 g/mol. The van der Waals surface area contributed by atoms with E-state index in [1.165, 1.54) is 0 Å². The average Bonchev–Trinajstić information content (AvgIpc) is 2.20. The molecule has 0 aromatic heterocycles. The maximum atomic E-state index is 5.52. The van der Waals surface area contributed by atoms with Gasteiger partial charge in [-0.05, 0) is 26.0 Å². The second-order valence-electron chi connectivity index (χ2n) is 2.46. The lowest BCUT2D eigenvalue weighted by atomic mass is 10.3. The first-order valence-corrected chi connectivity index (χ1v) is 5.75. The zero-order chi connectivity index (χ0) is 10.2. The van der Waals surface area contributed by atoms with Gasteiger partial charge in [-0.15, -0.1) is 0 Å². The minimum atomic E-state index is -1.24. The van der Waals surface area contributed by atoms with Crippen LogP contribution in [0, 0.1) is 0 Å². The maximum absolute atomic E-state index is 5.52. The number of hydrogen-bond donors (Lipinski definition) is 0. The molecule has 3 nitrogen and oxygen atoms in total. The lowest BCUT2D eigenvalue weighted by molar-refractivity contribution is 0.221. The van der Waals surface area contributed by atoms with Crippen LogP contribution in [0.5, 0.6) is 5.75 Å². The summed E-state index contributed by atoms with van der Waals surface area (Å²) < 4.78 is 16.1. The summed E-state index contributed by atoms with van der Waals surface area (Å²) in [5.74, 6) is 0.778. The van der Waals surface area contributed by atoms with Crippen molar-refractivity contribution in [2.24, 2.45) is 0 Å². The summed E-state index contributed by atoms with van der Waals surface area (Å²) in [5.41, 5.74) is 0. The second-order valence-corrected chi connectivity index (χ2v) is 3.61. The highest BCUT2D eigenvalue weighted by Gasteiger charge is 2.11. The Balaban J connectivity index is 2.46. The van der Waals surface area contributed by atoms with E-state index < -0.39 is 8.60 Å². The van der Waals surface area contributed by atoms with Gasteiger partial charge in [0.1, 0.15) is 5.75 Å². The summed E-state index contributed by atoms with van der Waals surface area (Å²) in [6.45, 7) is 5.03. The smallest absolute Gasteiger partial charge is 0.397 e. The van der Waals surface area contributed by atoms with Crippen LogP contribution in [-0.4, -0.2) is 13.2 Å². The van der Waals surface area contributed by atoms with Gasteiger partial charge in [-0.2, -0.15) is 0 Å². The highest BCUT2D eigenvalue weighted by Crippen LogP contribution is 2.39. The van der Waals surface area contributed by atoms with Gasteiger partial charge in [0.2, 0.25) is 0 Å². The summed E-state index contributed by atoms with van der Waals surface area (Å²) in [7, 11) is -1.24. The van der Waals surface area contributed by atoms with E-state index in [4.69, 9.17) is 13.6 Å². The predicted octanol–water partition coefficient (Wildman–Crippen LogP) is 3.37. The van der Waals surface area contributed by atoms with Crippen LogP contribution >= 0.6 is 8.60 Å². The highest BCUT2D eigenvalue weighted by atomic mass is 31.2. The van der Waals surface area contributed by atoms with Crippen molar-refractivity contribution in [1.29, 1.82) is 0 Å². The molecule has 0 aliphatic rings. The molecule has 0 heterocycles. The Labute approximate surface area is 86.0 Å². The molecule has 0 N–H and O–H groups in total. The monoisotopic (exact) mass is 214 g/mol. The van der Waals surface area contributed by atoms with E-state index in [1.807, 2.05) is 44.2 Å². The van der Waals surface area contributed by atoms with E-state index in [2.05, 4.69) is 0 Å². The van der Waals surface area contributed by atoms with Crippen LogP contribution in [0.25, 0.3) is 0 Å². The highest BCUT2D eigenvalue weighted by molar-refractivity contribution is 7.42. The molecule has 0 atom stereocenters. The van der Waals surface area contributed by atoms with Gasteiger partial charge >= 0.3 is 8.60 Å². The van der Waals surface area contributed by atoms with Gasteiger partial charge in [0, 0.05) is 0 Å². The first-order valence-electron chi connectivity index (χ1n) is 4.65. The van der Waals surface area contributed by atoms with Crippen molar-refractivity contribution in [2.75, 3.05) is 13.2 Å². The molecule has 0 bridgehead atoms. The van der Waals surface area contributed by atoms with Crippen molar-refractivity contribution in [1.82, 2.24) is 0 Å². The summed E-state index contributed by atoms with van der Waals surface area (Å²) in [6.07, 6.45) is 0. The van der Waals surface area contributed by atoms with Crippen molar-refractivity contribution >= 4 is 8.60 Å². The molecule has 0 fully saturated rings. The Morgan fingerprint density at radius 3 is 2.07 bits per heavy atom. The van der Waals surface area contributed by atoms with Gasteiger partial charge in [0.25, 0.3) is 0 Å². The van der Waals surface area contributed by atoms with Crippen LogP contribution in [0.2, 0.25) is 0 Å². The van der Waals surface area contributed by atoms with Gasteiger partial charge in [-0.1, -0.05) is 18.2 Å². The van der Waals surface area contributed by atoms with Crippen LogP contribution in [-0.2, 0) is 9.05 Å². The van der Waals surface area contributed by atoms with Crippen LogP contribution in [0.3, 0.4) is 0 Å². The minimum Gasteiger partial charge on any atom is -0.427 e. The molecule has 1 aromatic rings. The Kier molecular flexibility index (Phi) is 5.53. The van der Waals surface area contributed by atoms with Gasteiger partial charge in [0.15, 0.2) is 0 Å². The number of rotatable bonds is 6. The second kappa shape index (κ2) is 6.77. The van der Waals surface area contributed by atoms with E-state index in [0.717, 1.165) is 5.75 Å². The molecule has 4 heteroatoms. The van der Waals surface area contributed by atoms with Crippen molar-refractivity contribution in [3.63, 3.8) is 0 Å². The molecule has 0 spiro atoms. The van der Waals surface area contributed by atoms with Crippen LogP contribution in [0.4, 0.5) is 0 Å². The molecule has 0 saturated carbocycles. The molecular formula is C10H15O3P. The SMILES string of the molecule is CCOP(OCC)Oc1ccccc1. The number of benzene rings is 1. The molecule has 0 unspecified atom stereocenters. The van der Waals surface area contributed by atoms with Crippen molar-refractivity contribution < 1.29 is 13.6 Å². The van der Waals surface area contributed by atoms with Crippen molar-refractivity contribution in [3.05, 3.63) is 30.3 Å². The molecule has 0 amide bonds. The van der Waals surface area contributed by atoms with E-state index >= 15 is 0 Å².